The third kappa shape index (κ3) is 3.96. The highest BCUT2D eigenvalue weighted by molar-refractivity contribution is 5.98. The van der Waals surface area contributed by atoms with Crippen LogP contribution < -0.4 is 4.90 Å². The fourth-order valence-corrected chi connectivity index (χ4v) is 3.61. The number of carbonyl (C=O) groups excluding carboxylic acids is 2. The number of hydrogen-bond donors (Lipinski definition) is 0. The average molecular weight is 330 g/mol. The van der Waals surface area contributed by atoms with E-state index >= 15 is 0 Å². The summed E-state index contributed by atoms with van der Waals surface area (Å²) in [6, 6.07) is 6.16. The van der Waals surface area contributed by atoms with Crippen LogP contribution in [-0.4, -0.2) is 49.6 Å². The van der Waals surface area contributed by atoms with Gasteiger partial charge >= 0.3 is 0 Å². The van der Waals surface area contributed by atoms with Gasteiger partial charge in [-0.3, -0.25) is 9.59 Å². The number of rotatable bonds is 3. The monoisotopic (exact) mass is 330 g/mol. The van der Waals surface area contributed by atoms with Crippen molar-refractivity contribution in [2.45, 2.75) is 33.1 Å². The zero-order valence-electron chi connectivity index (χ0n) is 14.6. The quantitative estimate of drug-likeness (QED) is 0.854. The molecule has 0 bridgehead atoms. The van der Waals surface area contributed by atoms with Crippen LogP contribution in [0.25, 0.3) is 0 Å². The smallest absolute Gasteiger partial charge is 0.246 e. The van der Waals surface area contributed by atoms with E-state index in [1.165, 1.54) is 0 Å². The third-order valence-corrected chi connectivity index (χ3v) is 4.81. The lowest BCUT2D eigenvalue weighted by molar-refractivity contribution is -0.138. The molecule has 2 saturated heterocycles. The van der Waals surface area contributed by atoms with Crippen LogP contribution in [0.15, 0.2) is 18.2 Å². The summed E-state index contributed by atoms with van der Waals surface area (Å²) in [7, 11) is 0. The first kappa shape index (κ1) is 17.0. The van der Waals surface area contributed by atoms with Gasteiger partial charge in [-0.1, -0.05) is 6.07 Å². The number of aryl methyl sites for hydroxylation is 2. The number of ether oxygens (including phenoxy) is 1. The molecule has 2 fully saturated rings. The molecular weight excluding hydrogens is 304 g/mol. The topological polar surface area (TPSA) is 49.9 Å². The van der Waals surface area contributed by atoms with Crippen molar-refractivity contribution in [1.29, 1.82) is 0 Å². The van der Waals surface area contributed by atoms with Crippen molar-refractivity contribution in [3.63, 3.8) is 0 Å². The highest BCUT2D eigenvalue weighted by atomic mass is 16.5. The molecule has 0 N–H and O–H groups in total. The average Bonchev–Trinajstić information content (AvgIpc) is 2.54. The maximum atomic E-state index is 12.5. The Kier molecular flexibility index (Phi) is 5.19. The van der Waals surface area contributed by atoms with Crippen LogP contribution in [0, 0.1) is 19.8 Å². The summed E-state index contributed by atoms with van der Waals surface area (Å²) in [5.41, 5.74) is 3.23. The number of hydrogen-bond acceptors (Lipinski definition) is 3. The number of benzene rings is 1. The lowest BCUT2D eigenvalue weighted by Gasteiger charge is -2.35. The Bertz CT molecular complexity index is 603. The zero-order valence-corrected chi connectivity index (χ0v) is 14.6. The molecule has 1 atom stereocenters. The van der Waals surface area contributed by atoms with Gasteiger partial charge in [-0.2, -0.15) is 0 Å². The van der Waals surface area contributed by atoms with Gasteiger partial charge in [0.15, 0.2) is 0 Å². The maximum absolute atomic E-state index is 12.5. The van der Waals surface area contributed by atoms with Gasteiger partial charge in [0.1, 0.15) is 6.54 Å². The van der Waals surface area contributed by atoms with Crippen LogP contribution in [0.1, 0.15) is 30.4 Å². The first-order valence-electron chi connectivity index (χ1n) is 8.77. The zero-order chi connectivity index (χ0) is 17.1. The second-order valence-electron chi connectivity index (χ2n) is 6.99. The van der Waals surface area contributed by atoms with Gasteiger partial charge in [0.25, 0.3) is 0 Å². The number of piperazine rings is 1. The number of amides is 2. The largest absolute Gasteiger partial charge is 0.381 e. The number of anilines is 1. The van der Waals surface area contributed by atoms with Crippen LogP contribution in [0.3, 0.4) is 0 Å². The molecule has 1 aromatic rings. The van der Waals surface area contributed by atoms with E-state index in [0.29, 0.717) is 32.0 Å². The highest BCUT2D eigenvalue weighted by Gasteiger charge is 2.29. The van der Waals surface area contributed by atoms with Crippen molar-refractivity contribution in [3.8, 4) is 0 Å². The van der Waals surface area contributed by atoms with Crippen molar-refractivity contribution in [2.24, 2.45) is 5.92 Å². The van der Waals surface area contributed by atoms with Crippen LogP contribution >= 0.6 is 0 Å². The summed E-state index contributed by atoms with van der Waals surface area (Å²) in [6.45, 7) is 6.89. The minimum absolute atomic E-state index is 0.000468. The second-order valence-corrected chi connectivity index (χ2v) is 6.99. The molecule has 5 heteroatoms. The molecule has 24 heavy (non-hydrogen) atoms. The molecule has 0 unspecified atom stereocenters. The Labute approximate surface area is 143 Å². The Morgan fingerprint density at radius 3 is 2.58 bits per heavy atom. The van der Waals surface area contributed by atoms with Gasteiger partial charge in [-0.05, 0) is 55.9 Å². The molecule has 0 radical (unpaired) electrons. The molecule has 5 nitrogen and oxygen atoms in total. The van der Waals surface area contributed by atoms with Gasteiger partial charge in [0.05, 0.1) is 0 Å². The standard InChI is InChI=1S/C19H26N2O3/c1-14-8-15(2)10-17(9-14)21-6-5-20(12-19(21)23)18(22)11-16-4-3-7-24-13-16/h8-10,16H,3-7,11-13H2,1-2H3/t16-/m1/s1. The summed E-state index contributed by atoms with van der Waals surface area (Å²) < 4.78 is 5.44. The highest BCUT2D eigenvalue weighted by Crippen LogP contribution is 2.22. The second kappa shape index (κ2) is 7.34. The molecule has 130 valence electrons. The van der Waals surface area contributed by atoms with Crippen LogP contribution in [0.5, 0.6) is 0 Å². The molecule has 2 amide bonds. The lowest BCUT2D eigenvalue weighted by Crippen LogP contribution is -2.52. The summed E-state index contributed by atoms with van der Waals surface area (Å²) in [5, 5.41) is 0. The predicted molar refractivity (Wildman–Crippen MR) is 93.0 cm³/mol. The van der Waals surface area contributed by atoms with Crippen molar-refractivity contribution in [1.82, 2.24) is 4.90 Å². The minimum Gasteiger partial charge on any atom is -0.381 e. The van der Waals surface area contributed by atoms with Gasteiger partial charge < -0.3 is 14.5 Å². The van der Waals surface area contributed by atoms with E-state index in [-0.39, 0.29) is 18.4 Å². The molecule has 2 aliphatic heterocycles. The molecule has 0 aromatic heterocycles. The normalized spacial score (nSPS) is 21.9. The Morgan fingerprint density at radius 1 is 1.21 bits per heavy atom. The van der Waals surface area contributed by atoms with Gasteiger partial charge in [0, 0.05) is 38.4 Å². The third-order valence-electron chi connectivity index (χ3n) is 4.81. The van der Waals surface area contributed by atoms with Gasteiger partial charge in [-0.15, -0.1) is 0 Å². The van der Waals surface area contributed by atoms with E-state index in [1.54, 1.807) is 9.80 Å². The molecular formula is C19H26N2O3. The fourth-order valence-electron chi connectivity index (χ4n) is 3.61. The van der Waals surface area contributed by atoms with E-state index in [1.807, 2.05) is 26.0 Å². The predicted octanol–water partition coefficient (Wildman–Crippen LogP) is 2.30. The summed E-state index contributed by atoms with van der Waals surface area (Å²) in [4.78, 5) is 28.5. The lowest BCUT2D eigenvalue weighted by atomic mass is 9.98. The SMILES string of the molecule is Cc1cc(C)cc(N2CCN(C(=O)C[C@H]3CCCOC3)CC2=O)c1. The van der Waals surface area contributed by atoms with E-state index < -0.39 is 0 Å². The molecule has 3 rings (SSSR count). The first-order chi connectivity index (χ1) is 11.5. The summed E-state index contributed by atoms with van der Waals surface area (Å²) >= 11 is 0. The fraction of sp³-hybridized carbons (Fsp3) is 0.579. The van der Waals surface area contributed by atoms with Crippen LogP contribution in [-0.2, 0) is 14.3 Å². The molecule has 2 aliphatic rings. The molecule has 1 aromatic carbocycles. The molecule has 0 spiro atoms. The van der Waals surface area contributed by atoms with E-state index in [0.717, 1.165) is 36.3 Å². The summed E-state index contributed by atoms with van der Waals surface area (Å²) in [5.74, 6) is 0.386. The summed E-state index contributed by atoms with van der Waals surface area (Å²) in [6.07, 6.45) is 2.57. The Hall–Kier alpha value is -1.88. The van der Waals surface area contributed by atoms with Crippen molar-refractivity contribution in [2.75, 3.05) is 37.7 Å². The maximum Gasteiger partial charge on any atom is 0.246 e. The van der Waals surface area contributed by atoms with Crippen molar-refractivity contribution < 1.29 is 14.3 Å². The van der Waals surface area contributed by atoms with Gasteiger partial charge in [0.2, 0.25) is 11.8 Å². The Morgan fingerprint density at radius 2 is 1.96 bits per heavy atom. The van der Waals surface area contributed by atoms with Crippen LogP contribution in [0.2, 0.25) is 0 Å². The minimum atomic E-state index is -0.000468. The number of nitrogens with zero attached hydrogens (tertiary/aromatic N) is 2. The van der Waals surface area contributed by atoms with E-state index in [4.69, 9.17) is 4.74 Å². The van der Waals surface area contributed by atoms with E-state index in [9.17, 15) is 9.59 Å². The van der Waals surface area contributed by atoms with Gasteiger partial charge in [-0.25, -0.2) is 0 Å². The first-order valence-corrected chi connectivity index (χ1v) is 8.77. The van der Waals surface area contributed by atoms with Crippen molar-refractivity contribution in [3.05, 3.63) is 29.3 Å². The van der Waals surface area contributed by atoms with Crippen molar-refractivity contribution >= 4 is 17.5 Å². The van der Waals surface area contributed by atoms with Crippen LogP contribution in [0.4, 0.5) is 5.69 Å². The van der Waals surface area contributed by atoms with E-state index in [2.05, 4.69) is 6.07 Å². The molecule has 0 saturated carbocycles. The Balaban J connectivity index is 1.60. The molecule has 0 aliphatic carbocycles. The number of carbonyl (C=O) groups is 2. The molecule has 2 heterocycles.